The second kappa shape index (κ2) is 59.8. The van der Waals surface area contributed by atoms with Gasteiger partial charge < -0.3 is 33.8 Å². The Morgan fingerprint density at radius 1 is 0.281 bits per heavy atom. The summed E-state index contributed by atoms with van der Waals surface area (Å²) in [7, 11) is -9.90. The van der Waals surface area contributed by atoms with Crippen molar-refractivity contribution < 1.29 is 80.2 Å². The molecule has 89 heavy (non-hydrogen) atoms. The lowest BCUT2D eigenvalue weighted by Gasteiger charge is -2.21. The highest BCUT2D eigenvalue weighted by Crippen LogP contribution is 2.45. The minimum Gasteiger partial charge on any atom is -0.462 e. The first-order chi connectivity index (χ1) is 42.6. The zero-order valence-corrected chi connectivity index (χ0v) is 59.8. The summed E-state index contributed by atoms with van der Waals surface area (Å²) in [6.45, 7) is 14.0. The van der Waals surface area contributed by atoms with Gasteiger partial charge >= 0.3 is 39.5 Å². The fourth-order valence-electron chi connectivity index (χ4n) is 10.5. The topological polar surface area (TPSA) is 237 Å². The number of ether oxygens (including phenoxy) is 4. The number of phosphoric acid groups is 2. The lowest BCUT2D eigenvalue weighted by atomic mass is 10.0. The Labute approximate surface area is 543 Å². The van der Waals surface area contributed by atoms with E-state index in [4.69, 9.17) is 37.0 Å². The van der Waals surface area contributed by atoms with Crippen LogP contribution in [0.3, 0.4) is 0 Å². The third-order valence-corrected chi connectivity index (χ3v) is 18.0. The SMILES string of the molecule is CC(C)CCCCCCCCCCCCCCCCC(=O)O[C@H](COC(=O)CCCCCCCCC(C)C)COP(=O)(O)OC[C@H](O)COP(=O)(O)OC[C@@H](COC(=O)CCCCCCCCC(C)C)OC(=O)CCCCCCCCCCCCCC(C)C. The standard InChI is InChI=1S/C70H136O17P2/c1-60(2)46-38-30-22-18-14-11-9-10-12-16-20-24-36-44-52-69(74)86-65(56-80-67(72)50-42-34-28-26-32-40-48-62(5)6)58-84-88(76,77)82-54-64(71)55-83-89(78,79)85-59-66(57-81-68(73)51-43-35-29-27-33-41-49-63(7)8)87-70(75)53-45-37-25-21-17-13-15-19-23-31-39-47-61(3)4/h60-66,71H,9-59H2,1-8H3,(H,76,77)(H,78,79)/t64-,65+,66+/m0/s1. The Balaban J connectivity index is 5.21. The average molecular weight is 1310 g/mol. The minimum atomic E-state index is -4.95. The van der Waals surface area contributed by atoms with Crippen molar-refractivity contribution in [3.63, 3.8) is 0 Å². The van der Waals surface area contributed by atoms with Gasteiger partial charge in [0.05, 0.1) is 26.4 Å². The minimum absolute atomic E-state index is 0.105. The van der Waals surface area contributed by atoms with Crippen LogP contribution in [-0.2, 0) is 65.4 Å². The zero-order chi connectivity index (χ0) is 66.1. The summed E-state index contributed by atoms with van der Waals surface area (Å²) >= 11 is 0. The molecule has 0 rings (SSSR count). The number of hydrogen-bond donors (Lipinski definition) is 3. The van der Waals surface area contributed by atoms with Gasteiger partial charge in [-0.25, -0.2) is 9.13 Å². The summed E-state index contributed by atoms with van der Waals surface area (Å²) in [6.07, 6.45) is 42.0. The van der Waals surface area contributed by atoms with Gasteiger partial charge in [-0.1, -0.05) is 293 Å². The lowest BCUT2D eigenvalue weighted by molar-refractivity contribution is -0.161. The quantitative estimate of drug-likeness (QED) is 0.0222. The van der Waals surface area contributed by atoms with Gasteiger partial charge in [-0.15, -0.1) is 0 Å². The van der Waals surface area contributed by atoms with Gasteiger partial charge in [-0.3, -0.25) is 37.3 Å². The molecule has 0 amide bonds. The zero-order valence-electron chi connectivity index (χ0n) is 58.1. The molecule has 17 nitrogen and oxygen atoms in total. The number of rotatable bonds is 67. The van der Waals surface area contributed by atoms with E-state index >= 15 is 0 Å². The molecule has 0 bridgehead atoms. The van der Waals surface area contributed by atoms with Gasteiger partial charge in [-0.05, 0) is 49.4 Å². The summed E-state index contributed by atoms with van der Waals surface area (Å²) in [5.74, 6) is 0.786. The van der Waals surface area contributed by atoms with Crippen LogP contribution in [0.1, 0.15) is 344 Å². The van der Waals surface area contributed by atoms with E-state index in [1.54, 1.807) is 0 Å². The maximum atomic E-state index is 13.0. The molecule has 0 heterocycles. The van der Waals surface area contributed by atoms with Crippen LogP contribution in [0.4, 0.5) is 0 Å². The number of esters is 4. The van der Waals surface area contributed by atoms with Gasteiger partial charge in [-0.2, -0.15) is 0 Å². The molecule has 2 unspecified atom stereocenters. The fourth-order valence-corrected chi connectivity index (χ4v) is 12.1. The van der Waals surface area contributed by atoms with Crippen molar-refractivity contribution in [3.05, 3.63) is 0 Å². The largest absolute Gasteiger partial charge is 0.472 e. The Hall–Kier alpha value is -1.94. The van der Waals surface area contributed by atoms with E-state index in [-0.39, 0.29) is 25.7 Å². The normalized spacial score (nSPS) is 14.3. The van der Waals surface area contributed by atoms with Crippen molar-refractivity contribution in [2.45, 2.75) is 363 Å². The number of hydrogen-bond acceptors (Lipinski definition) is 15. The number of phosphoric ester groups is 2. The smallest absolute Gasteiger partial charge is 0.462 e. The number of carbonyl (C=O) groups is 4. The predicted octanol–water partition coefficient (Wildman–Crippen LogP) is 19.7. The first kappa shape index (κ1) is 87.1. The molecule has 19 heteroatoms. The van der Waals surface area contributed by atoms with E-state index in [1.165, 1.54) is 135 Å². The molecule has 0 aliphatic heterocycles. The molecule has 0 radical (unpaired) electrons. The molecular weight excluding hydrogens is 1170 g/mol. The van der Waals surface area contributed by atoms with Crippen LogP contribution in [0, 0.1) is 23.7 Å². The van der Waals surface area contributed by atoms with Crippen molar-refractivity contribution in [1.82, 2.24) is 0 Å². The molecule has 0 fully saturated rings. The van der Waals surface area contributed by atoms with E-state index < -0.39 is 97.5 Å². The van der Waals surface area contributed by atoms with Crippen molar-refractivity contribution >= 4 is 39.5 Å². The Morgan fingerprint density at radius 2 is 0.472 bits per heavy atom. The molecule has 0 aromatic carbocycles. The maximum Gasteiger partial charge on any atom is 0.472 e. The predicted molar refractivity (Wildman–Crippen MR) is 358 cm³/mol. The molecule has 0 saturated carbocycles. The first-order valence-corrected chi connectivity index (χ1v) is 39.2. The summed E-state index contributed by atoms with van der Waals surface area (Å²) in [5, 5.41) is 10.6. The van der Waals surface area contributed by atoms with E-state index in [2.05, 4.69) is 55.4 Å². The first-order valence-electron chi connectivity index (χ1n) is 36.2. The molecule has 0 aromatic rings. The van der Waals surface area contributed by atoms with Crippen LogP contribution in [0.25, 0.3) is 0 Å². The molecule has 0 spiro atoms. The molecule has 5 atom stereocenters. The Kier molecular flexibility index (Phi) is 58.5. The van der Waals surface area contributed by atoms with E-state index in [0.717, 1.165) is 115 Å². The van der Waals surface area contributed by atoms with Gasteiger partial charge in [0.2, 0.25) is 0 Å². The molecule has 0 saturated heterocycles. The van der Waals surface area contributed by atoms with Crippen LogP contribution in [0.15, 0.2) is 0 Å². The van der Waals surface area contributed by atoms with Crippen LogP contribution < -0.4 is 0 Å². The van der Waals surface area contributed by atoms with Crippen LogP contribution in [-0.4, -0.2) is 96.7 Å². The average Bonchev–Trinajstić information content (AvgIpc) is 3.63. The highest BCUT2D eigenvalue weighted by molar-refractivity contribution is 7.47. The third-order valence-electron chi connectivity index (χ3n) is 16.1. The summed E-state index contributed by atoms with van der Waals surface area (Å²) in [6, 6.07) is 0. The second-order valence-electron chi connectivity index (χ2n) is 27.2. The molecule has 0 aliphatic rings. The van der Waals surface area contributed by atoms with Crippen molar-refractivity contribution in [3.8, 4) is 0 Å². The molecule has 0 aliphatic carbocycles. The number of unbranched alkanes of at least 4 members (excludes halogenated alkanes) is 33. The van der Waals surface area contributed by atoms with Gasteiger partial charge in [0.1, 0.15) is 19.3 Å². The monoisotopic (exact) mass is 1310 g/mol. The molecule has 3 N–H and O–H groups in total. The van der Waals surface area contributed by atoms with Gasteiger partial charge in [0.15, 0.2) is 12.2 Å². The highest BCUT2D eigenvalue weighted by Gasteiger charge is 2.30. The highest BCUT2D eigenvalue weighted by atomic mass is 31.2. The van der Waals surface area contributed by atoms with Gasteiger partial charge in [0.25, 0.3) is 0 Å². The van der Waals surface area contributed by atoms with Crippen molar-refractivity contribution in [1.29, 1.82) is 0 Å². The van der Waals surface area contributed by atoms with Crippen LogP contribution in [0.2, 0.25) is 0 Å². The summed E-state index contributed by atoms with van der Waals surface area (Å²) < 4.78 is 68.2. The number of aliphatic hydroxyl groups is 1. The Morgan fingerprint density at radius 3 is 0.697 bits per heavy atom. The van der Waals surface area contributed by atoms with Gasteiger partial charge in [0, 0.05) is 25.7 Å². The summed E-state index contributed by atoms with van der Waals surface area (Å²) in [4.78, 5) is 72.4. The Bertz CT molecular complexity index is 1760. The second-order valence-corrected chi connectivity index (χ2v) is 30.1. The fraction of sp³-hybridized carbons (Fsp3) is 0.943. The van der Waals surface area contributed by atoms with Crippen LogP contribution >= 0.6 is 15.6 Å². The van der Waals surface area contributed by atoms with Crippen molar-refractivity contribution in [2.75, 3.05) is 39.6 Å². The van der Waals surface area contributed by atoms with E-state index in [9.17, 15) is 43.2 Å². The molecular formula is C70H136O17P2. The molecule has 528 valence electrons. The third kappa shape index (κ3) is 64.6. The van der Waals surface area contributed by atoms with Crippen molar-refractivity contribution in [2.24, 2.45) is 23.7 Å². The lowest BCUT2D eigenvalue weighted by Crippen LogP contribution is -2.30. The van der Waals surface area contributed by atoms with E-state index in [0.29, 0.717) is 37.5 Å². The van der Waals surface area contributed by atoms with Crippen LogP contribution in [0.5, 0.6) is 0 Å². The maximum absolute atomic E-state index is 13.0. The number of aliphatic hydroxyl groups excluding tert-OH is 1. The number of carbonyl (C=O) groups excluding carboxylic acids is 4. The summed E-state index contributed by atoms with van der Waals surface area (Å²) in [5.41, 5.74) is 0. The molecule has 0 aromatic heterocycles. The van der Waals surface area contributed by atoms with E-state index in [1.807, 2.05) is 0 Å².